The smallest absolute Gasteiger partial charge is 0.339 e. The highest BCUT2D eigenvalue weighted by Gasteiger charge is 2.13. The summed E-state index contributed by atoms with van der Waals surface area (Å²) < 4.78 is 5.38. The Kier molecular flexibility index (Phi) is 5.88. The van der Waals surface area contributed by atoms with Crippen LogP contribution >= 0.6 is 0 Å². The second kappa shape index (κ2) is 7.18. The molecule has 102 valence electrons. The Morgan fingerprint density at radius 3 is 2.61 bits per heavy atom. The van der Waals surface area contributed by atoms with Crippen LogP contribution in [0.25, 0.3) is 0 Å². The summed E-state index contributed by atoms with van der Waals surface area (Å²) in [5.74, 6) is 0.193. The van der Waals surface area contributed by atoms with E-state index in [9.17, 15) is 4.79 Å². The average molecular weight is 254 g/mol. The average Bonchev–Trinajstić information content (AvgIpc) is 2.71. The molecule has 18 heavy (non-hydrogen) atoms. The van der Waals surface area contributed by atoms with Crippen LogP contribution in [0.3, 0.4) is 0 Å². The van der Waals surface area contributed by atoms with Crippen molar-refractivity contribution in [3.63, 3.8) is 0 Å². The minimum Gasteiger partial charge on any atom is -0.478 e. The molecule has 0 aliphatic carbocycles. The zero-order valence-corrected chi connectivity index (χ0v) is 11.3. The van der Waals surface area contributed by atoms with Crippen molar-refractivity contribution in [2.45, 2.75) is 27.3 Å². The van der Waals surface area contributed by atoms with Gasteiger partial charge in [-0.25, -0.2) is 4.79 Å². The standard InChI is InChI=1S/C13H22N2O3/c1-4-15(5-2)7-6-14-9-11-8-12(13(16)17)10(3)18-11/h8,14H,4-7,9H2,1-3H3,(H,16,17). The van der Waals surface area contributed by atoms with Crippen LogP contribution in [0.1, 0.15) is 35.7 Å². The molecule has 0 amide bonds. The van der Waals surface area contributed by atoms with Gasteiger partial charge < -0.3 is 19.7 Å². The van der Waals surface area contributed by atoms with Gasteiger partial charge in [-0.15, -0.1) is 0 Å². The van der Waals surface area contributed by atoms with E-state index in [0.717, 1.165) is 26.2 Å². The van der Waals surface area contributed by atoms with Gasteiger partial charge in [-0.05, 0) is 26.1 Å². The van der Waals surface area contributed by atoms with E-state index in [4.69, 9.17) is 9.52 Å². The van der Waals surface area contributed by atoms with Crippen LogP contribution in [0.15, 0.2) is 10.5 Å². The first-order valence-corrected chi connectivity index (χ1v) is 6.34. The van der Waals surface area contributed by atoms with Crippen LogP contribution < -0.4 is 5.32 Å². The molecule has 1 rings (SSSR count). The van der Waals surface area contributed by atoms with Crippen molar-refractivity contribution < 1.29 is 14.3 Å². The summed E-state index contributed by atoms with van der Waals surface area (Å²) in [7, 11) is 0. The number of hydrogen-bond donors (Lipinski definition) is 2. The number of nitrogens with zero attached hydrogens (tertiary/aromatic N) is 1. The molecule has 0 aromatic carbocycles. The molecule has 5 nitrogen and oxygen atoms in total. The second-order valence-electron chi connectivity index (χ2n) is 4.19. The van der Waals surface area contributed by atoms with E-state index in [1.807, 2.05) is 0 Å². The third-order valence-corrected chi connectivity index (χ3v) is 3.00. The van der Waals surface area contributed by atoms with Crippen molar-refractivity contribution in [2.24, 2.45) is 0 Å². The van der Waals surface area contributed by atoms with Crippen LogP contribution in [-0.2, 0) is 6.54 Å². The molecule has 2 N–H and O–H groups in total. The van der Waals surface area contributed by atoms with E-state index >= 15 is 0 Å². The van der Waals surface area contributed by atoms with Crippen LogP contribution in [0.4, 0.5) is 0 Å². The number of nitrogens with one attached hydrogen (secondary N) is 1. The quantitative estimate of drug-likeness (QED) is 0.691. The molecule has 0 atom stereocenters. The van der Waals surface area contributed by atoms with E-state index in [1.165, 1.54) is 0 Å². The zero-order valence-electron chi connectivity index (χ0n) is 11.3. The fourth-order valence-corrected chi connectivity index (χ4v) is 1.83. The largest absolute Gasteiger partial charge is 0.478 e. The predicted molar refractivity (Wildman–Crippen MR) is 69.9 cm³/mol. The molecular formula is C13H22N2O3. The summed E-state index contributed by atoms with van der Waals surface area (Å²) in [5, 5.41) is 12.2. The molecular weight excluding hydrogens is 232 g/mol. The topological polar surface area (TPSA) is 65.7 Å². The van der Waals surface area contributed by atoms with Crippen LogP contribution in [0.5, 0.6) is 0 Å². The van der Waals surface area contributed by atoms with Crippen LogP contribution in [0, 0.1) is 6.92 Å². The Morgan fingerprint density at radius 1 is 1.44 bits per heavy atom. The lowest BCUT2D eigenvalue weighted by Crippen LogP contribution is -2.31. The highest BCUT2D eigenvalue weighted by Crippen LogP contribution is 2.14. The summed E-state index contributed by atoms with van der Waals surface area (Å²) in [5.41, 5.74) is 0.246. The molecule has 1 aromatic heterocycles. The van der Waals surface area contributed by atoms with Crippen LogP contribution in [0.2, 0.25) is 0 Å². The van der Waals surface area contributed by atoms with Gasteiger partial charge in [0.2, 0.25) is 0 Å². The van der Waals surface area contributed by atoms with E-state index in [1.54, 1.807) is 13.0 Å². The van der Waals surface area contributed by atoms with Crippen LogP contribution in [-0.4, -0.2) is 42.2 Å². The van der Waals surface area contributed by atoms with Gasteiger partial charge in [0, 0.05) is 13.1 Å². The highest BCUT2D eigenvalue weighted by molar-refractivity contribution is 5.88. The minimum atomic E-state index is -0.939. The van der Waals surface area contributed by atoms with Gasteiger partial charge in [0.15, 0.2) is 0 Å². The fourth-order valence-electron chi connectivity index (χ4n) is 1.83. The number of carboxylic acid groups (broad SMARTS) is 1. The molecule has 1 aromatic rings. The highest BCUT2D eigenvalue weighted by atomic mass is 16.4. The van der Waals surface area contributed by atoms with E-state index in [0.29, 0.717) is 18.1 Å². The summed E-state index contributed by atoms with van der Waals surface area (Å²) in [6, 6.07) is 1.59. The maximum absolute atomic E-state index is 10.8. The van der Waals surface area contributed by atoms with E-state index < -0.39 is 5.97 Å². The van der Waals surface area contributed by atoms with Crippen molar-refractivity contribution in [2.75, 3.05) is 26.2 Å². The number of carbonyl (C=O) groups is 1. The SMILES string of the molecule is CCN(CC)CCNCc1cc(C(=O)O)c(C)o1. The maximum atomic E-state index is 10.8. The summed E-state index contributed by atoms with van der Waals surface area (Å²) in [4.78, 5) is 13.2. The Bertz CT molecular complexity index is 384. The molecule has 0 unspecified atom stereocenters. The molecule has 5 heteroatoms. The lowest BCUT2D eigenvalue weighted by atomic mass is 10.2. The maximum Gasteiger partial charge on any atom is 0.339 e. The van der Waals surface area contributed by atoms with Gasteiger partial charge in [-0.2, -0.15) is 0 Å². The fraction of sp³-hybridized carbons (Fsp3) is 0.615. The molecule has 1 heterocycles. The third kappa shape index (κ3) is 4.16. The minimum absolute atomic E-state index is 0.246. The molecule has 0 aliphatic rings. The Morgan fingerprint density at radius 2 is 2.11 bits per heavy atom. The molecule has 0 bridgehead atoms. The number of carboxylic acids is 1. The third-order valence-electron chi connectivity index (χ3n) is 3.00. The summed E-state index contributed by atoms with van der Waals surface area (Å²) in [6.07, 6.45) is 0. The first-order valence-electron chi connectivity index (χ1n) is 6.34. The summed E-state index contributed by atoms with van der Waals surface area (Å²) >= 11 is 0. The van der Waals surface area contributed by atoms with Gasteiger partial charge in [-0.3, -0.25) is 0 Å². The summed E-state index contributed by atoms with van der Waals surface area (Å²) in [6.45, 7) is 10.4. The van der Waals surface area contributed by atoms with Gasteiger partial charge in [0.05, 0.1) is 6.54 Å². The number of rotatable bonds is 8. The van der Waals surface area contributed by atoms with Crippen molar-refractivity contribution in [3.8, 4) is 0 Å². The molecule has 0 fully saturated rings. The second-order valence-corrected chi connectivity index (χ2v) is 4.19. The molecule has 0 spiro atoms. The number of likely N-dealkylation sites (N-methyl/N-ethyl adjacent to an activating group) is 1. The van der Waals surface area contributed by atoms with Gasteiger partial charge in [0.1, 0.15) is 17.1 Å². The van der Waals surface area contributed by atoms with Gasteiger partial charge in [0.25, 0.3) is 0 Å². The number of furan rings is 1. The Hall–Kier alpha value is -1.33. The Labute approximate surface area is 108 Å². The monoisotopic (exact) mass is 254 g/mol. The van der Waals surface area contributed by atoms with E-state index in [2.05, 4.69) is 24.1 Å². The van der Waals surface area contributed by atoms with Crippen molar-refractivity contribution in [3.05, 3.63) is 23.2 Å². The number of aryl methyl sites for hydroxylation is 1. The van der Waals surface area contributed by atoms with Gasteiger partial charge in [-0.1, -0.05) is 13.8 Å². The van der Waals surface area contributed by atoms with Crippen molar-refractivity contribution in [1.29, 1.82) is 0 Å². The number of aromatic carboxylic acids is 1. The van der Waals surface area contributed by atoms with Crippen molar-refractivity contribution in [1.82, 2.24) is 10.2 Å². The normalized spacial score (nSPS) is 11.1. The van der Waals surface area contributed by atoms with Crippen molar-refractivity contribution >= 4 is 5.97 Å². The molecule has 0 saturated carbocycles. The lowest BCUT2D eigenvalue weighted by Gasteiger charge is -2.17. The van der Waals surface area contributed by atoms with Gasteiger partial charge >= 0.3 is 5.97 Å². The first-order chi connectivity index (χ1) is 8.58. The molecule has 0 radical (unpaired) electrons. The first kappa shape index (κ1) is 14.7. The zero-order chi connectivity index (χ0) is 13.5. The van der Waals surface area contributed by atoms with E-state index in [-0.39, 0.29) is 5.56 Å². The molecule has 0 aliphatic heterocycles. The predicted octanol–water partition coefficient (Wildman–Crippen LogP) is 1.72. The Balaban J connectivity index is 2.36. The number of hydrogen-bond acceptors (Lipinski definition) is 4. The molecule has 0 saturated heterocycles. The lowest BCUT2D eigenvalue weighted by molar-refractivity contribution is 0.0695.